The van der Waals surface area contributed by atoms with Gasteiger partial charge in [0.2, 0.25) is 5.91 Å². The predicted molar refractivity (Wildman–Crippen MR) is 209 cm³/mol. The van der Waals surface area contributed by atoms with Gasteiger partial charge in [-0.15, -0.1) is 0 Å². The average Bonchev–Trinajstić information content (AvgIpc) is 3.64. The lowest BCUT2D eigenvalue weighted by Gasteiger charge is -2.55. The van der Waals surface area contributed by atoms with Crippen LogP contribution in [0.2, 0.25) is 0 Å². The predicted octanol–water partition coefficient (Wildman–Crippen LogP) is 7.31. The number of hydrogen-bond acceptors (Lipinski definition) is 8. The van der Waals surface area contributed by atoms with Crippen LogP contribution in [0.15, 0.2) is 48.9 Å². The molecule has 0 atom stereocenters. The van der Waals surface area contributed by atoms with Gasteiger partial charge in [0.1, 0.15) is 27.5 Å². The molecule has 12 heteroatoms. The molecule has 5 aliphatic rings. The number of sulfone groups is 1. The minimum atomic E-state index is -3.08. The summed E-state index contributed by atoms with van der Waals surface area (Å²) in [6, 6.07) is 10.7. The van der Waals surface area contributed by atoms with Crippen LogP contribution in [0.4, 0.5) is 10.6 Å². The summed E-state index contributed by atoms with van der Waals surface area (Å²) in [4.78, 5) is 36.0. The Morgan fingerprint density at radius 3 is 2.24 bits per heavy atom. The van der Waals surface area contributed by atoms with Crippen LogP contribution in [0.5, 0.6) is 5.75 Å². The number of nitrogens with zero attached hydrogens (tertiary/aromatic N) is 5. The first kappa shape index (κ1) is 38.3. The van der Waals surface area contributed by atoms with Gasteiger partial charge in [0, 0.05) is 55.7 Å². The molecular weight excluding hydrogens is 703 g/mol. The molecule has 11 nitrogen and oxygen atoms in total. The summed E-state index contributed by atoms with van der Waals surface area (Å²) >= 11 is 0. The standard InChI is InChI=1S/C42H57N5O6S/c1-29-21-34(9-12-36(29)52-5)42-17-14-41(15-18-42,16-19-42)28-46(37-22-32(13-20-43-37)33-23-44-47(26-33)40(2,3)4)38(48)31-7-10-35(11-8-31)53-39(49)45-24-30(25-45)27-54(6,50)51/h9,12-13,20-23,26,30-31,35H,7-8,10-11,14-19,24-25,27-28H2,1-6H3/t31-,35-,41?,42?. The van der Waals surface area contributed by atoms with Crippen LogP contribution in [0, 0.1) is 24.2 Å². The summed E-state index contributed by atoms with van der Waals surface area (Å²) in [5.41, 5.74) is 4.58. The number of aryl methyl sites for hydroxylation is 1. The van der Waals surface area contributed by atoms with Crippen LogP contribution in [0.3, 0.4) is 0 Å². The molecule has 292 valence electrons. The van der Waals surface area contributed by atoms with Crippen LogP contribution in [0.25, 0.3) is 11.1 Å². The summed E-state index contributed by atoms with van der Waals surface area (Å²) in [6.45, 7) is 9.94. The van der Waals surface area contributed by atoms with E-state index in [1.807, 2.05) is 34.1 Å². The summed E-state index contributed by atoms with van der Waals surface area (Å²) in [5.74, 6) is 1.56. The topological polar surface area (TPSA) is 124 Å². The first-order chi connectivity index (χ1) is 25.6. The Bertz CT molecular complexity index is 1950. The van der Waals surface area contributed by atoms with Crippen LogP contribution in [0.1, 0.15) is 96.1 Å². The van der Waals surface area contributed by atoms with E-state index in [4.69, 9.17) is 14.5 Å². The van der Waals surface area contributed by atoms with Crippen molar-refractivity contribution in [1.29, 1.82) is 0 Å². The number of anilines is 1. The Kier molecular flexibility index (Phi) is 10.4. The maximum absolute atomic E-state index is 14.7. The quantitative estimate of drug-likeness (QED) is 0.211. The van der Waals surface area contributed by atoms with Crippen LogP contribution in [-0.4, -0.2) is 84.9 Å². The first-order valence-electron chi connectivity index (χ1n) is 19.7. The number of aromatic nitrogens is 3. The molecule has 2 bridgehead atoms. The van der Waals surface area contributed by atoms with Gasteiger partial charge in [-0.3, -0.25) is 14.4 Å². The van der Waals surface area contributed by atoms with E-state index in [0.717, 1.165) is 55.4 Å². The lowest BCUT2D eigenvalue weighted by Crippen LogP contribution is -2.53. The molecule has 0 spiro atoms. The summed E-state index contributed by atoms with van der Waals surface area (Å²) in [5, 5.41) is 4.63. The molecule has 2 aromatic heterocycles. The van der Waals surface area contributed by atoms with Crippen molar-refractivity contribution in [2.24, 2.45) is 17.3 Å². The fourth-order valence-corrected chi connectivity index (χ4v) is 10.5. The minimum Gasteiger partial charge on any atom is -0.496 e. The normalized spacial score (nSPS) is 25.9. The van der Waals surface area contributed by atoms with Gasteiger partial charge in [-0.05, 0) is 138 Å². The van der Waals surface area contributed by atoms with Gasteiger partial charge in [0.05, 0.1) is 24.6 Å². The van der Waals surface area contributed by atoms with E-state index in [2.05, 4.69) is 57.2 Å². The van der Waals surface area contributed by atoms with Gasteiger partial charge >= 0.3 is 6.09 Å². The van der Waals surface area contributed by atoms with E-state index in [1.54, 1.807) is 12.0 Å². The molecule has 54 heavy (non-hydrogen) atoms. The zero-order valence-electron chi connectivity index (χ0n) is 32.8. The van der Waals surface area contributed by atoms with E-state index in [1.165, 1.54) is 17.4 Å². The molecule has 2 amide bonds. The van der Waals surface area contributed by atoms with Gasteiger partial charge in [-0.25, -0.2) is 18.2 Å². The number of benzene rings is 1. The minimum absolute atomic E-state index is 0.0205. The average molecular weight is 760 g/mol. The molecular formula is C42H57N5O6S. The number of amides is 2. The first-order valence-corrected chi connectivity index (χ1v) is 21.7. The van der Waals surface area contributed by atoms with E-state index in [9.17, 15) is 18.0 Å². The second kappa shape index (κ2) is 14.6. The van der Waals surface area contributed by atoms with Crippen molar-refractivity contribution in [2.75, 3.05) is 43.7 Å². The Labute approximate surface area is 320 Å². The SMILES string of the molecule is COc1ccc(C23CCC(CN(c4cc(-c5cnn(C(C)(C)C)c5)ccn4)C(=O)[C@H]4CC[C@H](OC(=O)N5CC(CS(C)(=O)=O)C5)CC4)(CC2)CC3)cc1C. The van der Waals surface area contributed by atoms with Crippen molar-refractivity contribution in [1.82, 2.24) is 19.7 Å². The monoisotopic (exact) mass is 759 g/mol. The van der Waals surface area contributed by atoms with Gasteiger partial charge in [-0.1, -0.05) is 12.1 Å². The lowest BCUT2D eigenvalue weighted by atomic mass is 9.51. The third kappa shape index (κ3) is 8.04. The van der Waals surface area contributed by atoms with E-state index < -0.39 is 9.84 Å². The van der Waals surface area contributed by atoms with Crippen molar-refractivity contribution in [3.05, 3.63) is 60.0 Å². The zero-order chi connectivity index (χ0) is 38.5. The van der Waals surface area contributed by atoms with Gasteiger partial charge in [-0.2, -0.15) is 5.10 Å². The third-order valence-electron chi connectivity index (χ3n) is 12.8. The van der Waals surface area contributed by atoms with E-state index in [-0.39, 0.29) is 52.1 Å². The summed E-state index contributed by atoms with van der Waals surface area (Å²) < 4.78 is 36.6. The second-order valence-electron chi connectivity index (χ2n) is 17.9. The van der Waals surface area contributed by atoms with Gasteiger partial charge in [0.25, 0.3) is 0 Å². The molecule has 4 aliphatic carbocycles. The molecule has 3 aromatic rings. The summed E-state index contributed by atoms with van der Waals surface area (Å²) in [7, 11) is -1.36. The largest absolute Gasteiger partial charge is 0.496 e. The number of methoxy groups -OCH3 is 1. The number of pyridine rings is 1. The number of carbonyl (C=O) groups excluding carboxylic acids is 2. The number of rotatable bonds is 10. The van der Waals surface area contributed by atoms with Crippen molar-refractivity contribution < 1.29 is 27.5 Å². The second-order valence-corrected chi connectivity index (χ2v) is 20.0. The highest BCUT2D eigenvalue weighted by molar-refractivity contribution is 7.90. The third-order valence-corrected chi connectivity index (χ3v) is 13.9. The fourth-order valence-electron chi connectivity index (χ4n) is 9.45. The van der Waals surface area contributed by atoms with Crippen LogP contribution in [-0.2, 0) is 30.3 Å². The Hall–Kier alpha value is -3.93. The Balaban J connectivity index is 1.06. The molecule has 0 radical (unpaired) electrons. The van der Waals surface area contributed by atoms with E-state index >= 15 is 0 Å². The van der Waals surface area contributed by atoms with Gasteiger partial charge in [0.15, 0.2) is 0 Å². The lowest BCUT2D eigenvalue weighted by molar-refractivity contribution is -0.124. The van der Waals surface area contributed by atoms with Crippen molar-refractivity contribution in [3.63, 3.8) is 0 Å². The molecule has 5 fully saturated rings. The molecule has 1 saturated heterocycles. The fraction of sp³-hybridized carbons (Fsp3) is 0.619. The highest BCUT2D eigenvalue weighted by Gasteiger charge is 2.51. The molecule has 1 aliphatic heterocycles. The van der Waals surface area contributed by atoms with Crippen molar-refractivity contribution in [3.8, 4) is 16.9 Å². The number of carbonyl (C=O) groups is 2. The van der Waals surface area contributed by atoms with Crippen molar-refractivity contribution in [2.45, 2.75) is 109 Å². The number of likely N-dealkylation sites (tertiary alicyclic amines) is 1. The van der Waals surface area contributed by atoms with E-state index in [0.29, 0.717) is 51.1 Å². The maximum atomic E-state index is 14.7. The number of ether oxygens (including phenoxy) is 2. The summed E-state index contributed by atoms with van der Waals surface area (Å²) in [6.07, 6.45) is 15.3. The highest BCUT2D eigenvalue weighted by Crippen LogP contribution is 2.58. The molecule has 4 saturated carbocycles. The molecule has 0 unspecified atom stereocenters. The molecule has 8 rings (SSSR count). The highest BCUT2D eigenvalue weighted by atomic mass is 32.2. The van der Waals surface area contributed by atoms with Crippen LogP contribution >= 0.6 is 0 Å². The molecule has 3 heterocycles. The molecule has 0 N–H and O–H groups in total. The van der Waals surface area contributed by atoms with Gasteiger partial charge < -0.3 is 14.4 Å². The zero-order valence-corrected chi connectivity index (χ0v) is 33.7. The Morgan fingerprint density at radius 2 is 1.65 bits per heavy atom. The Morgan fingerprint density at radius 1 is 0.963 bits per heavy atom. The van der Waals surface area contributed by atoms with Crippen molar-refractivity contribution >= 4 is 27.7 Å². The molecule has 1 aromatic carbocycles. The number of fused-ring (bicyclic) bond motifs is 3. The van der Waals surface area contributed by atoms with Crippen LogP contribution < -0.4 is 9.64 Å². The smallest absolute Gasteiger partial charge is 0.410 e. The number of hydrogen-bond donors (Lipinski definition) is 0. The maximum Gasteiger partial charge on any atom is 0.410 e.